The van der Waals surface area contributed by atoms with Crippen LogP contribution in [0.5, 0.6) is 0 Å². The van der Waals surface area contributed by atoms with Crippen LogP contribution in [0.15, 0.2) is 84.9 Å². The predicted octanol–water partition coefficient (Wildman–Crippen LogP) is 7.51. The summed E-state index contributed by atoms with van der Waals surface area (Å²) < 4.78 is 29.5. The minimum Gasteiger partial charge on any atom is -0.407 e. The summed E-state index contributed by atoms with van der Waals surface area (Å²) in [6, 6.07) is 27.0. The lowest BCUT2D eigenvalue weighted by Crippen LogP contribution is -2.49. The van der Waals surface area contributed by atoms with Crippen LogP contribution in [0.2, 0.25) is 39.3 Å². The second-order valence-electron chi connectivity index (χ2n) is 9.82. The van der Waals surface area contributed by atoms with E-state index in [0.29, 0.717) is 5.56 Å². The first-order valence-electron chi connectivity index (χ1n) is 10.8. The average Bonchev–Trinajstić information content (AvgIpc) is 2.71. The quantitative estimate of drug-likeness (QED) is 0.329. The summed E-state index contributed by atoms with van der Waals surface area (Å²) in [5.74, 6) is -0.287. The van der Waals surface area contributed by atoms with Crippen LogP contribution < -0.4 is 0 Å². The van der Waals surface area contributed by atoms with E-state index in [9.17, 15) is 0 Å². The molecule has 3 aromatic rings. The van der Waals surface area contributed by atoms with Crippen LogP contribution in [0.4, 0.5) is 4.39 Å². The van der Waals surface area contributed by atoms with Crippen molar-refractivity contribution in [1.29, 1.82) is 0 Å². The molecule has 0 saturated heterocycles. The molecule has 0 bridgehead atoms. The van der Waals surface area contributed by atoms with E-state index in [-0.39, 0.29) is 5.82 Å². The van der Waals surface area contributed by atoms with Gasteiger partial charge in [0.2, 0.25) is 0 Å². The van der Waals surface area contributed by atoms with E-state index in [1.54, 1.807) is 6.07 Å². The molecule has 0 aromatic heterocycles. The van der Waals surface area contributed by atoms with Crippen LogP contribution >= 0.6 is 0 Å². The Morgan fingerprint density at radius 2 is 1.19 bits per heavy atom. The number of hydrogen-bond acceptors (Lipinski definition) is 2. The third kappa shape index (κ3) is 5.60. The van der Waals surface area contributed by atoms with Crippen LogP contribution in [-0.4, -0.2) is 16.6 Å². The molecule has 3 aromatic carbocycles. The lowest BCUT2D eigenvalue weighted by atomic mass is 9.78. The Labute approximate surface area is 188 Å². The van der Waals surface area contributed by atoms with Gasteiger partial charge in [-0.1, -0.05) is 78.9 Å². The molecule has 0 aliphatic carbocycles. The maximum absolute atomic E-state index is 15.5. The molecule has 2 unspecified atom stereocenters. The second kappa shape index (κ2) is 9.21. The first kappa shape index (κ1) is 23.6. The average molecular weight is 453 g/mol. The molecule has 0 amide bonds. The van der Waals surface area contributed by atoms with Gasteiger partial charge in [-0.15, -0.1) is 0 Å². The smallest absolute Gasteiger partial charge is 0.185 e. The van der Waals surface area contributed by atoms with Crippen LogP contribution in [0.25, 0.3) is 0 Å². The van der Waals surface area contributed by atoms with Gasteiger partial charge in [-0.3, -0.25) is 0 Å². The first-order valence-corrected chi connectivity index (χ1v) is 17.6. The van der Waals surface area contributed by atoms with Gasteiger partial charge < -0.3 is 8.85 Å². The molecule has 0 N–H and O–H groups in total. The number of halogens is 1. The van der Waals surface area contributed by atoms with Gasteiger partial charge in [0.05, 0.1) is 0 Å². The van der Waals surface area contributed by atoms with Crippen molar-refractivity contribution in [2.24, 2.45) is 0 Å². The van der Waals surface area contributed by atoms with Crippen molar-refractivity contribution < 1.29 is 13.2 Å². The summed E-state index contributed by atoms with van der Waals surface area (Å²) >= 11 is 0. The highest BCUT2D eigenvalue weighted by Crippen LogP contribution is 2.49. The van der Waals surface area contributed by atoms with Crippen LogP contribution in [0, 0.1) is 5.82 Å². The van der Waals surface area contributed by atoms with E-state index in [0.717, 1.165) is 11.1 Å². The van der Waals surface area contributed by atoms with E-state index in [1.807, 2.05) is 60.7 Å². The maximum Gasteiger partial charge on any atom is 0.185 e. The van der Waals surface area contributed by atoms with Gasteiger partial charge in [-0.05, 0) is 56.5 Å². The normalized spacial score (nSPS) is 15.3. The monoisotopic (exact) mass is 452 g/mol. The van der Waals surface area contributed by atoms with Crippen molar-refractivity contribution in [2.75, 3.05) is 0 Å². The molecular weight excluding hydrogens is 419 g/mol. The SMILES string of the molecule is C[Si](C)(C)OC(c1ccccc1)C(O[Si](C)(C)C)(c1ccccc1)c1ccccc1F. The van der Waals surface area contributed by atoms with Crippen LogP contribution in [0.1, 0.15) is 22.8 Å². The van der Waals surface area contributed by atoms with Gasteiger partial charge in [0, 0.05) is 5.56 Å². The van der Waals surface area contributed by atoms with Crippen molar-refractivity contribution in [3.05, 3.63) is 107 Å². The summed E-state index contributed by atoms with van der Waals surface area (Å²) in [6.45, 7) is 12.9. The molecule has 0 spiro atoms. The van der Waals surface area contributed by atoms with Gasteiger partial charge in [-0.25, -0.2) is 4.39 Å². The molecule has 0 saturated carbocycles. The fourth-order valence-corrected chi connectivity index (χ4v) is 6.22. The van der Waals surface area contributed by atoms with Crippen molar-refractivity contribution >= 4 is 16.6 Å². The lowest BCUT2D eigenvalue weighted by Gasteiger charge is -2.47. The zero-order valence-electron chi connectivity index (χ0n) is 19.4. The highest BCUT2D eigenvalue weighted by atomic mass is 28.4. The molecule has 3 rings (SSSR count). The van der Waals surface area contributed by atoms with Crippen molar-refractivity contribution in [2.45, 2.75) is 51.0 Å². The highest BCUT2D eigenvalue weighted by molar-refractivity contribution is 6.70. The summed E-state index contributed by atoms with van der Waals surface area (Å²) in [6.07, 6.45) is -0.494. The standard InChI is InChI=1S/C26H33FO2Si2/c1-30(2,3)28-25(21-15-9-7-10-16-21)26(29-31(4,5)6,22-17-11-8-12-18-22)23-19-13-14-20-24(23)27/h7-20,25H,1-6H3. The molecule has 0 radical (unpaired) electrons. The minimum atomic E-state index is -2.18. The molecule has 0 aliphatic rings. The van der Waals surface area contributed by atoms with Gasteiger partial charge in [-0.2, -0.15) is 0 Å². The van der Waals surface area contributed by atoms with E-state index >= 15 is 4.39 Å². The number of hydrogen-bond donors (Lipinski definition) is 0. The minimum absolute atomic E-state index is 0.287. The number of rotatable bonds is 8. The fraction of sp³-hybridized carbons (Fsp3) is 0.308. The summed E-state index contributed by atoms with van der Waals surface area (Å²) in [5.41, 5.74) is 1.28. The predicted molar refractivity (Wildman–Crippen MR) is 132 cm³/mol. The first-order chi connectivity index (χ1) is 14.5. The summed E-state index contributed by atoms with van der Waals surface area (Å²) in [7, 11) is -4.24. The molecule has 164 valence electrons. The van der Waals surface area contributed by atoms with Gasteiger partial charge in [0.15, 0.2) is 16.6 Å². The van der Waals surface area contributed by atoms with Gasteiger partial charge in [0.25, 0.3) is 0 Å². The van der Waals surface area contributed by atoms with E-state index in [1.165, 1.54) is 6.07 Å². The lowest BCUT2D eigenvalue weighted by molar-refractivity contribution is -0.0292. The maximum atomic E-state index is 15.5. The Balaban J connectivity index is 2.42. The van der Waals surface area contributed by atoms with Crippen molar-refractivity contribution in [3.63, 3.8) is 0 Å². The van der Waals surface area contributed by atoms with Crippen LogP contribution in [-0.2, 0) is 14.5 Å². The Bertz CT molecular complexity index is 982. The molecular formula is C26H33FO2Si2. The summed E-state index contributed by atoms with van der Waals surface area (Å²) in [4.78, 5) is 0. The Kier molecular flexibility index (Phi) is 7.01. The van der Waals surface area contributed by atoms with Crippen molar-refractivity contribution in [3.8, 4) is 0 Å². The topological polar surface area (TPSA) is 18.5 Å². The van der Waals surface area contributed by atoms with Crippen LogP contribution in [0.3, 0.4) is 0 Å². The van der Waals surface area contributed by atoms with Crippen molar-refractivity contribution in [1.82, 2.24) is 0 Å². The van der Waals surface area contributed by atoms with Gasteiger partial charge in [0.1, 0.15) is 17.5 Å². The molecule has 5 heteroatoms. The van der Waals surface area contributed by atoms with E-state index in [4.69, 9.17) is 8.85 Å². The largest absolute Gasteiger partial charge is 0.407 e. The third-order valence-electron chi connectivity index (χ3n) is 4.89. The molecule has 31 heavy (non-hydrogen) atoms. The van der Waals surface area contributed by atoms with E-state index < -0.39 is 28.3 Å². The Morgan fingerprint density at radius 3 is 1.71 bits per heavy atom. The molecule has 2 atom stereocenters. The zero-order chi connectivity index (χ0) is 22.7. The fourth-order valence-electron chi connectivity index (χ4n) is 3.91. The summed E-state index contributed by atoms with van der Waals surface area (Å²) in [5, 5.41) is 0. The Hall–Kier alpha value is -2.06. The molecule has 2 nitrogen and oxygen atoms in total. The highest BCUT2D eigenvalue weighted by Gasteiger charge is 2.50. The molecule has 0 fully saturated rings. The third-order valence-corrected chi connectivity index (χ3v) is 6.76. The molecule has 0 heterocycles. The number of benzene rings is 3. The molecule has 0 aliphatic heterocycles. The zero-order valence-corrected chi connectivity index (χ0v) is 21.4. The second-order valence-corrected chi connectivity index (χ2v) is 18.7. The van der Waals surface area contributed by atoms with Gasteiger partial charge >= 0.3 is 0 Å². The Morgan fingerprint density at radius 1 is 0.677 bits per heavy atom. The van der Waals surface area contributed by atoms with E-state index in [2.05, 4.69) is 51.4 Å².